The number of ether oxygens (including phenoxy) is 2. The molecule has 0 aliphatic carbocycles. The number of thiocarbonyl (C=S) groups is 1. The number of rotatable bonds is 7. The molecule has 0 aromatic heterocycles. The van der Waals surface area contributed by atoms with Gasteiger partial charge in [-0.05, 0) is 23.8 Å². The molecule has 1 fully saturated rings. The van der Waals surface area contributed by atoms with Crippen LogP contribution < -0.4 is 9.47 Å². The van der Waals surface area contributed by atoms with E-state index < -0.39 is 0 Å². The Balaban J connectivity index is 1.41. The summed E-state index contributed by atoms with van der Waals surface area (Å²) in [5.41, 5.74) is 3.07. The van der Waals surface area contributed by atoms with Crippen molar-refractivity contribution in [3.63, 3.8) is 0 Å². The highest BCUT2D eigenvalue weighted by molar-refractivity contribution is 7.80. The molecule has 1 aliphatic rings. The maximum Gasteiger partial charge on any atom is 0.180 e. The molecule has 0 saturated carbocycles. The minimum Gasteiger partial charge on any atom is -0.493 e. The third-order valence-corrected chi connectivity index (χ3v) is 6.86. The fraction of sp³-hybridized carbons (Fsp3) is 0.269. The van der Waals surface area contributed by atoms with Gasteiger partial charge in [0.2, 0.25) is 0 Å². The number of piperazine rings is 1. The summed E-state index contributed by atoms with van der Waals surface area (Å²) in [5.74, 6) is 1.04. The predicted octanol–water partition coefficient (Wildman–Crippen LogP) is 6.07. The Labute approximate surface area is 210 Å². The second-order valence-corrected chi connectivity index (χ2v) is 9.12. The maximum atomic E-state index is 6.59. The van der Waals surface area contributed by atoms with Crippen molar-refractivity contribution >= 4 is 40.4 Å². The van der Waals surface area contributed by atoms with Gasteiger partial charge < -0.3 is 14.4 Å². The molecule has 0 radical (unpaired) electrons. The molecule has 4 nitrogen and oxygen atoms in total. The van der Waals surface area contributed by atoms with Gasteiger partial charge in [0, 0.05) is 48.9 Å². The van der Waals surface area contributed by atoms with Crippen molar-refractivity contribution < 1.29 is 9.47 Å². The van der Waals surface area contributed by atoms with Crippen LogP contribution in [0.3, 0.4) is 0 Å². The first kappa shape index (κ1) is 23.8. The summed E-state index contributed by atoms with van der Waals surface area (Å²) in [7, 11) is 1.60. The van der Waals surface area contributed by atoms with E-state index in [0.29, 0.717) is 28.2 Å². The van der Waals surface area contributed by atoms with Crippen molar-refractivity contribution in [3.8, 4) is 11.5 Å². The molecule has 0 atom stereocenters. The van der Waals surface area contributed by atoms with Crippen LogP contribution >= 0.6 is 35.4 Å². The van der Waals surface area contributed by atoms with Gasteiger partial charge in [-0.25, -0.2) is 0 Å². The third-order valence-electron chi connectivity index (χ3n) is 5.71. The maximum absolute atomic E-state index is 6.59. The average molecular weight is 501 g/mol. The van der Waals surface area contributed by atoms with E-state index in [4.69, 9.17) is 44.9 Å². The van der Waals surface area contributed by atoms with Crippen LogP contribution in [0, 0.1) is 0 Å². The fourth-order valence-electron chi connectivity index (χ4n) is 3.88. The van der Waals surface area contributed by atoms with E-state index in [1.807, 2.05) is 42.5 Å². The van der Waals surface area contributed by atoms with Crippen LogP contribution in [-0.4, -0.2) is 48.1 Å². The van der Waals surface area contributed by atoms with E-state index >= 15 is 0 Å². The van der Waals surface area contributed by atoms with Crippen LogP contribution in [0.1, 0.15) is 16.7 Å². The molecule has 7 heteroatoms. The third kappa shape index (κ3) is 5.98. The number of benzene rings is 3. The molecule has 0 amide bonds. The van der Waals surface area contributed by atoms with Crippen LogP contribution in [0.2, 0.25) is 10.0 Å². The molecule has 3 aromatic carbocycles. The molecule has 0 unspecified atom stereocenters. The molecule has 0 bridgehead atoms. The van der Waals surface area contributed by atoms with E-state index in [0.717, 1.165) is 48.8 Å². The van der Waals surface area contributed by atoms with Gasteiger partial charge in [-0.2, -0.15) is 0 Å². The first-order valence-corrected chi connectivity index (χ1v) is 12.0. The van der Waals surface area contributed by atoms with E-state index in [9.17, 15) is 0 Å². The van der Waals surface area contributed by atoms with Crippen molar-refractivity contribution in [2.45, 2.75) is 13.2 Å². The minimum atomic E-state index is 0.295. The highest BCUT2D eigenvalue weighted by Gasteiger charge is 2.22. The standard InChI is InChI=1S/C26H26Cl2N2O2S/c1-31-24-16-21(15-23(28)25(24)32-18-20-9-5-6-10-22(20)27)26(33)30-13-11-29(12-14-30)17-19-7-3-2-4-8-19/h2-10,15-16H,11-14,17-18H2,1H3. The Morgan fingerprint density at radius 1 is 0.909 bits per heavy atom. The molecule has 1 heterocycles. The highest BCUT2D eigenvalue weighted by atomic mass is 35.5. The number of hydrogen-bond acceptors (Lipinski definition) is 4. The summed E-state index contributed by atoms with van der Waals surface area (Å²) in [6.45, 7) is 4.91. The van der Waals surface area contributed by atoms with Crippen LogP contribution in [0.4, 0.5) is 0 Å². The van der Waals surface area contributed by atoms with Gasteiger partial charge in [0.05, 0.1) is 12.1 Å². The molecule has 172 valence electrons. The van der Waals surface area contributed by atoms with Gasteiger partial charge in [0.1, 0.15) is 11.6 Å². The zero-order valence-electron chi connectivity index (χ0n) is 18.5. The number of hydrogen-bond donors (Lipinski definition) is 0. The van der Waals surface area contributed by atoms with Crippen LogP contribution in [0.5, 0.6) is 11.5 Å². The number of halogens is 2. The lowest BCUT2D eigenvalue weighted by molar-refractivity contribution is 0.177. The lowest BCUT2D eigenvalue weighted by atomic mass is 10.1. The zero-order valence-corrected chi connectivity index (χ0v) is 20.8. The van der Waals surface area contributed by atoms with E-state index in [-0.39, 0.29) is 0 Å². The molecule has 3 aromatic rings. The molecule has 1 aliphatic heterocycles. The Morgan fingerprint density at radius 3 is 2.30 bits per heavy atom. The largest absolute Gasteiger partial charge is 0.493 e. The monoisotopic (exact) mass is 500 g/mol. The Morgan fingerprint density at radius 2 is 1.61 bits per heavy atom. The van der Waals surface area contributed by atoms with Crippen molar-refractivity contribution in [2.24, 2.45) is 0 Å². The molecule has 0 N–H and O–H groups in total. The van der Waals surface area contributed by atoms with Gasteiger partial charge in [0.15, 0.2) is 11.5 Å². The second-order valence-electron chi connectivity index (χ2n) is 7.92. The summed E-state index contributed by atoms with van der Waals surface area (Å²) in [4.78, 5) is 5.45. The molecule has 33 heavy (non-hydrogen) atoms. The van der Waals surface area contributed by atoms with E-state index in [2.05, 4.69) is 34.1 Å². The van der Waals surface area contributed by atoms with Gasteiger partial charge in [-0.15, -0.1) is 0 Å². The van der Waals surface area contributed by atoms with Gasteiger partial charge >= 0.3 is 0 Å². The van der Waals surface area contributed by atoms with Crippen molar-refractivity contribution in [1.29, 1.82) is 0 Å². The van der Waals surface area contributed by atoms with Gasteiger partial charge in [0.25, 0.3) is 0 Å². The molecular formula is C26H26Cl2N2O2S. The van der Waals surface area contributed by atoms with E-state index in [1.54, 1.807) is 7.11 Å². The summed E-state index contributed by atoms with van der Waals surface area (Å²) in [5, 5.41) is 1.11. The molecule has 1 saturated heterocycles. The van der Waals surface area contributed by atoms with Crippen molar-refractivity contribution in [3.05, 3.63) is 93.5 Å². The van der Waals surface area contributed by atoms with Gasteiger partial charge in [-0.3, -0.25) is 4.90 Å². The zero-order chi connectivity index (χ0) is 23.2. The summed E-state index contributed by atoms with van der Waals surface area (Å²) in [6.07, 6.45) is 0. The minimum absolute atomic E-state index is 0.295. The predicted molar refractivity (Wildman–Crippen MR) is 139 cm³/mol. The SMILES string of the molecule is COc1cc(C(=S)N2CCN(Cc3ccccc3)CC2)cc(Cl)c1OCc1ccccc1Cl. The fourth-order valence-corrected chi connectivity index (χ4v) is 4.64. The lowest BCUT2D eigenvalue weighted by Gasteiger charge is -2.36. The van der Waals surface area contributed by atoms with Crippen LogP contribution in [-0.2, 0) is 13.2 Å². The topological polar surface area (TPSA) is 24.9 Å². The second kappa shape index (κ2) is 11.2. The first-order chi connectivity index (χ1) is 16.0. The van der Waals surface area contributed by atoms with Crippen LogP contribution in [0.25, 0.3) is 0 Å². The average Bonchev–Trinajstić information content (AvgIpc) is 2.84. The van der Waals surface area contributed by atoms with Gasteiger partial charge in [-0.1, -0.05) is 84.0 Å². The summed E-state index contributed by atoms with van der Waals surface area (Å²) < 4.78 is 11.5. The Bertz CT molecular complexity index is 1100. The first-order valence-electron chi connectivity index (χ1n) is 10.8. The number of nitrogens with zero attached hydrogens (tertiary/aromatic N) is 2. The van der Waals surface area contributed by atoms with Crippen molar-refractivity contribution in [2.75, 3.05) is 33.3 Å². The smallest absolute Gasteiger partial charge is 0.180 e. The lowest BCUT2D eigenvalue weighted by Crippen LogP contribution is -2.48. The molecule has 4 rings (SSSR count). The van der Waals surface area contributed by atoms with Crippen molar-refractivity contribution in [1.82, 2.24) is 9.80 Å². The normalized spacial score (nSPS) is 14.2. The Hall–Kier alpha value is -2.31. The Kier molecular flexibility index (Phi) is 8.10. The highest BCUT2D eigenvalue weighted by Crippen LogP contribution is 2.38. The summed E-state index contributed by atoms with van der Waals surface area (Å²) in [6, 6.07) is 21.9. The molecular weight excluding hydrogens is 475 g/mol. The summed E-state index contributed by atoms with van der Waals surface area (Å²) >= 11 is 18.6. The molecule has 0 spiro atoms. The number of methoxy groups -OCH3 is 1. The quantitative estimate of drug-likeness (QED) is 0.366. The van der Waals surface area contributed by atoms with E-state index in [1.165, 1.54) is 5.56 Å². The van der Waals surface area contributed by atoms with Crippen LogP contribution in [0.15, 0.2) is 66.7 Å².